The molecule has 1 aliphatic heterocycles. The Balaban J connectivity index is 2.48. The van der Waals surface area contributed by atoms with Gasteiger partial charge in [0, 0.05) is 18.5 Å². The highest BCUT2D eigenvalue weighted by atomic mass is 19.4. The second-order valence-corrected chi connectivity index (χ2v) is 4.94. The summed E-state index contributed by atoms with van der Waals surface area (Å²) in [6.45, 7) is 4.82. The molecule has 0 fully saturated rings. The zero-order valence-electron chi connectivity index (χ0n) is 10.4. The summed E-state index contributed by atoms with van der Waals surface area (Å²) < 4.78 is 38.9. The number of hydrogen-bond donors (Lipinski definition) is 1. The lowest BCUT2D eigenvalue weighted by Gasteiger charge is -2.21. The van der Waals surface area contributed by atoms with E-state index >= 15 is 0 Å². The molecule has 100 valence electrons. The van der Waals surface area contributed by atoms with Gasteiger partial charge in [0.1, 0.15) is 5.82 Å². The summed E-state index contributed by atoms with van der Waals surface area (Å²) in [4.78, 5) is 7.99. The van der Waals surface area contributed by atoms with Crippen molar-refractivity contribution >= 4 is 0 Å². The molecule has 0 spiro atoms. The lowest BCUT2D eigenvalue weighted by Crippen LogP contribution is -2.29. The van der Waals surface area contributed by atoms with E-state index in [1.54, 1.807) is 0 Å². The second-order valence-electron chi connectivity index (χ2n) is 4.94. The number of rotatable bonds is 2. The van der Waals surface area contributed by atoms with Crippen LogP contribution in [-0.4, -0.2) is 16.5 Å². The molecule has 3 nitrogen and oxygen atoms in total. The van der Waals surface area contributed by atoms with Crippen LogP contribution in [0.15, 0.2) is 0 Å². The summed E-state index contributed by atoms with van der Waals surface area (Å²) >= 11 is 0. The molecule has 0 bridgehead atoms. The maximum absolute atomic E-state index is 13.0. The van der Waals surface area contributed by atoms with Crippen LogP contribution in [0.5, 0.6) is 0 Å². The minimum Gasteiger partial charge on any atom is -0.311 e. The Morgan fingerprint density at radius 1 is 1.28 bits per heavy atom. The average molecular weight is 259 g/mol. The van der Waals surface area contributed by atoms with Crippen molar-refractivity contribution in [1.29, 1.82) is 0 Å². The fraction of sp³-hybridized carbons (Fsp3) is 0.667. The Hall–Kier alpha value is -1.17. The van der Waals surface area contributed by atoms with Crippen LogP contribution in [-0.2, 0) is 25.6 Å². The molecular weight excluding hydrogens is 243 g/mol. The predicted molar refractivity (Wildman–Crippen MR) is 61.0 cm³/mol. The van der Waals surface area contributed by atoms with Gasteiger partial charge in [0.15, 0.2) is 5.69 Å². The summed E-state index contributed by atoms with van der Waals surface area (Å²) in [7, 11) is 0. The van der Waals surface area contributed by atoms with Crippen molar-refractivity contribution in [2.75, 3.05) is 6.54 Å². The van der Waals surface area contributed by atoms with Gasteiger partial charge in [-0.15, -0.1) is 0 Å². The Kier molecular flexibility index (Phi) is 3.56. The van der Waals surface area contributed by atoms with E-state index in [1.807, 2.05) is 13.8 Å². The number of fused-ring (bicyclic) bond motifs is 1. The maximum atomic E-state index is 13.0. The second kappa shape index (κ2) is 4.84. The largest absolute Gasteiger partial charge is 0.433 e. The molecule has 0 saturated heterocycles. The molecular formula is C12H16F3N3. The van der Waals surface area contributed by atoms with Crippen LogP contribution < -0.4 is 5.32 Å². The van der Waals surface area contributed by atoms with Gasteiger partial charge >= 0.3 is 6.18 Å². The van der Waals surface area contributed by atoms with Crippen molar-refractivity contribution in [1.82, 2.24) is 15.3 Å². The monoisotopic (exact) mass is 259 g/mol. The zero-order chi connectivity index (χ0) is 13.3. The van der Waals surface area contributed by atoms with Gasteiger partial charge in [0.25, 0.3) is 0 Å². The smallest absolute Gasteiger partial charge is 0.311 e. The molecule has 0 unspecified atom stereocenters. The number of alkyl halides is 3. The van der Waals surface area contributed by atoms with Crippen LogP contribution in [0, 0.1) is 5.92 Å². The van der Waals surface area contributed by atoms with Crippen molar-refractivity contribution < 1.29 is 13.2 Å². The number of nitrogens with one attached hydrogen (secondary N) is 1. The molecule has 0 aliphatic carbocycles. The van der Waals surface area contributed by atoms with E-state index in [0.29, 0.717) is 37.4 Å². The van der Waals surface area contributed by atoms with Crippen LogP contribution in [0.2, 0.25) is 0 Å². The lowest BCUT2D eigenvalue weighted by atomic mass is 10.0. The minimum atomic E-state index is -4.39. The van der Waals surface area contributed by atoms with E-state index in [9.17, 15) is 13.2 Å². The van der Waals surface area contributed by atoms with E-state index in [4.69, 9.17) is 0 Å². The Morgan fingerprint density at radius 3 is 2.61 bits per heavy atom. The third-order valence-electron chi connectivity index (χ3n) is 2.84. The zero-order valence-corrected chi connectivity index (χ0v) is 10.4. The topological polar surface area (TPSA) is 37.8 Å². The van der Waals surface area contributed by atoms with Crippen LogP contribution in [0.3, 0.4) is 0 Å². The molecule has 6 heteroatoms. The highest BCUT2D eigenvalue weighted by Gasteiger charge is 2.37. The van der Waals surface area contributed by atoms with E-state index in [2.05, 4.69) is 15.3 Å². The molecule has 2 rings (SSSR count). The number of aromatic nitrogens is 2. The summed E-state index contributed by atoms with van der Waals surface area (Å²) in [5.41, 5.74) is 0.0117. The lowest BCUT2D eigenvalue weighted by molar-refractivity contribution is -0.142. The van der Waals surface area contributed by atoms with Gasteiger partial charge in [0.2, 0.25) is 0 Å². The fourth-order valence-electron chi connectivity index (χ4n) is 2.10. The third kappa shape index (κ3) is 2.80. The van der Waals surface area contributed by atoms with Crippen molar-refractivity contribution in [3.63, 3.8) is 0 Å². The molecule has 2 heterocycles. The number of halogens is 3. The Labute approximate surface area is 104 Å². The molecule has 1 N–H and O–H groups in total. The van der Waals surface area contributed by atoms with Gasteiger partial charge in [-0.25, -0.2) is 9.97 Å². The molecule has 18 heavy (non-hydrogen) atoms. The van der Waals surface area contributed by atoms with Crippen molar-refractivity contribution in [3.05, 3.63) is 22.8 Å². The van der Waals surface area contributed by atoms with Crippen LogP contribution in [0.4, 0.5) is 13.2 Å². The van der Waals surface area contributed by atoms with Gasteiger partial charge in [-0.05, 0) is 18.9 Å². The van der Waals surface area contributed by atoms with Crippen molar-refractivity contribution in [3.8, 4) is 0 Å². The fourth-order valence-corrected chi connectivity index (χ4v) is 2.10. The summed E-state index contributed by atoms with van der Waals surface area (Å²) in [6, 6.07) is 0. The van der Waals surface area contributed by atoms with E-state index in [1.165, 1.54) is 0 Å². The molecule has 0 radical (unpaired) electrons. The van der Waals surface area contributed by atoms with Crippen LogP contribution in [0.1, 0.15) is 36.6 Å². The third-order valence-corrected chi connectivity index (χ3v) is 2.84. The van der Waals surface area contributed by atoms with Crippen LogP contribution >= 0.6 is 0 Å². The van der Waals surface area contributed by atoms with Crippen LogP contribution in [0.25, 0.3) is 0 Å². The number of hydrogen-bond acceptors (Lipinski definition) is 3. The summed E-state index contributed by atoms with van der Waals surface area (Å²) in [5, 5.41) is 3.04. The maximum Gasteiger partial charge on any atom is 0.433 e. The normalized spacial score (nSPS) is 15.9. The number of nitrogens with zero attached hydrogens (tertiary/aromatic N) is 2. The highest BCUT2D eigenvalue weighted by Crippen LogP contribution is 2.32. The SMILES string of the molecule is CC(C)Cc1nc2c(c(C(F)(F)F)n1)CCNC2. The van der Waals surface area contributed by atoms with Crippen molar-refractivity contribution in [2.24, 2.45) is 5.92 Å². The molecule has 1 aromatic rings. The van der Waals surface area contributed by atoms with Gasteiger partial charge in [-0.2, -0.15) is 13.2 Å². The molecule has 1 aliphatic rings. The van der Waals surface area contributed by atoms with Gasteiger partial charge in [0.05, 0.1) is 5.69 Å². The quantitative estimate of drug-likeness (QED) is 0.885. The predicted octanol–water partition coefficient (Wildman–Crippen LogP) is 2.34. The molecule has 0 amide bonds. The minimum absolute atomic E-state index is 0.237. The first kappa shape index (κ1) is 13.3. The first-order chi connectivity index (χ1) is 8.38. The Bertz CT molecular complexity index is 441. The standard InChI is InChI=1S/C12H16F3N3/c1-7(2)5-10-17-9-6-16-4-3-8(9)11(18-10)12(13,14)15/h7,16H,3-6H2,1-2H3. The molecule has 0 aromatic carbocycles. The summed E-state index contributed by atoms with van der Waals surface area (Å²) in [6.07, 6.45) is -3.58. The first-order valence-electron chi connectivity index (χ1n) is 6.04. The van der Waals surface area contributed by atoms with Gasteiger partial charge in [-0.1, -0.05) is 13.8 Å². The van der Waals surface area contributed by atoms with Gasteiger partial charge in [-0.3, -0.25) is 0 Å². The van der Waals surface area contributed by atoms with E-state index in [-0.39, 0.29) is 11.5 Å². The molecule has 0 atom stereocenters. The first-order valence-corrected chi connectivity index (χ1v) is 6.04. The molecule has 0 saturated carbocycles. The van der Waals surface area contributed by atoms with Crippen molar-refractivity contribution in [2.45, 2.75) is 39.4 Å². The average Bonchev–Trinajstić information content (AvgIpc) is 2.25. The Morgan fingerprint density at radius 2 is 2.00 bits per heavy atom. The van der Waals surface area contributed by atoms with E-state index in [0.717, 1.165) is 0 Å². The van der Waals surface area contributed by atoms with E-state index < -0.39 is 11.9 Å². The van der Waals surface area contributed by atoms with Gasteiger partial charge < -0.3 is 5.32 Å². The summed E-state index contributed by atoms with van der Waals surface area (Å²) in [5.74, 6) is 0.528. The molecule has 1 aromatic heterocycles. The highest BCUT2D eigenvalue weighted by molar-refractivity contribution is 5.30.